The standard InChI is InChI=1S/C26H36O11/c1-8-9-16(28)34-15-11-24(6,37-14(5)27)19-18(22-26(15,33)25(7,32)23(31)36-22)13(4)20(30)21(19)35-17(29)10-12(2)3/h12,15,19,21-22,32-33H,8-11H2,1-7H3/t15-,19+,21-,22-,24-,25+,26+/m0/s1. The molecule has 0 radical (unpaired) electrons. The fourth-order valence-corrected chi connectivity index (χ4v) is 5.71. The Balaban J connectivity index is 2.24. The molecule has 206 valence electrons. The Morgan fingerprint density at radius 1 is 1.11 bits per heavy atom. The highest BCUT2D eigenvalue weighted by molar-refractivity contribution is 6.04. The Kier molecular flexibility index (Phi) is 7.64. The van der Waals surface area contributed by atoms with E-state index in [2.05, 4.69) is 0 Å². The van der Waals surface area contributed by atoms with Crippen LogP contribution < -0.4 is 0 Å². The molecule has 0 bridgehead atoms. The van der Waals surface area contributed by atoms with Crippen molar-refractivity contribution in [1.29, 1.82) is 0 Å². The largest absolute Gasteiger partial charge is 0.459 e. The van der Waals surface area contributed by atoms with Crippen LogP contribution in [0.15, 0.2) is 11.1 Å². The van der Waals surface area contributed by atoms with Gasteiger partial charge in [-0.3, -0.25) is 19.2 Å². The van der Waals surface area contributed by atoms with E-state index in [9.17, 15) is 34.2 Å². The van der Waals surface area contributed by atoms with Crippen LogP contribution in [0.3, 0.4) is 0 Å². The van der Waals surface area contributed by atoms with E-state index < -0.39 is 77.1 Å². The zero-order chi connectivity index (χ0) is 28.1. The zero-order valence-corrected chi connectivity index (χ0v) is 22.3. The summed E-state index contributed by atoms with van der Waals surface area (Å²) in [6, 6.07) is 0. The summed E-state index contributed by atoms with van der Waals surface area (Å²) >= 11 is 0. The molecule has 0 spiro atoms. The average molecular weight is 525 g/mol. The molecule has 0 aromatic heterocycles. The van der Waals surface area contributed by atoms with E-state index >= 15 is 0 Å². The molecule has 0 unspecified atom stereocenters. The summed E-state index contributed by atoms with van der Waals surface area (Å²) in [5.74, 6) is -5.16. The lowest BCUT2D eigenvalue weighted by molar-refractivity contribution is -0.211. The highest BCUT2D eigenvalue weighted by Crippen LogP contribution is 2.56. The molecule has 3 aliphatic rings. The minimum atomic E-state index is -2.55. The molecule has 2 fully saturated rings. The van der Waals surface area contributed by atoms with Gasteiger partial charge in [-0.25, -0.2) is 4.79 Å². The molecule has 1 saturated carbocycles. The first-order chi connectivity index (χ1) is 17.0. The quantitative estimate of drug-likeness (QED) is 0.364. The summed E-state index contributed by atoms with van der Waals surface area (Å²) in [5, 5.41) is 23.2. The van der Waals surface area contributed by atoms with Gasteiger partial charge in [0, 0.05) is 26.2 Å². The van der Waals surface area contributed by atoms with Crippen LogP contribution in [0.1, 0.15) is 74.1 Å². The Bertz CT molecular complexity index is 1040. The molecule has 7 atom stereocenters. The molecule has 0 amide bonds. The van der Waals surface area contributed by atoms with Gasteiger partial charge in [0.25, 0.3) is 0 Å². The van der Waals surface area contributed by atoms with Crippen molar-refractivity contribution >= 4 is 29.7 Å². The van der Waals surface area contributed by atoms with E-state index in [4.69, 9.17) is 18.9 Å². The topological polar surface area (TPSA) is 163 Å². The Labute approximate surface area is 215 Å². The van der Waals surface area contributed by atoms with Crippen molar-refractivity contribution < 1.29 is 53.1 Å². The SMILES string of the molecule is CCCC(=O)O[C@H]1C[C@](C)(OC(C)=O)[C@@H]2C(=C(C)C(=O)[C@H]2OC(=O)CC(C)C)[C@@H]2OC(=O)[C@@](C)(O)[C@@]12O. The fourth-order valence-electron chi connectivity index (χ4n) is 5.71. The lowest BCUT2D eigenvalue weighted by atomic mass is 9.75. The van der Waals surface area contributed by atoms with Crippen molar-refractivity contribution in [3.05, 3.63) is 11.1 Å². The molecule has 1 saturated heterocycles. The van der Waals surface area contributed by atoms with Gasteiger partial charge in [-0.2, -0.15) is 0 Å². The van der Waals surface area contributed by atoms with E-state index in [1.165, 1.54) is 13.8 Å². The summed E-state index contributed by atoms with van der Waals surface area (Å²) in [6.45, 7) is 10.4. The summed E-state index contributed by atoms with van der Waals surface area (Å²) in [7, 11) is 0. The summed E-state index contributed by atoms with van der Waals surface area (Å²) in [5.41, 5.74) is -6.70. The van der Waals surface area contributed by atoms with Gasteiger partial charge < -0.3 is 29.2 Å². The third-order valence-electron chi connectivity index (χ3n) is 7.46. The van der Waals surface area contributed by atoms with Gasteiger partial charge >= 0.3 is 23.9 Å². The summed E-state index contributed by atoms with van der Waals surface area (Å²) in [6.07, 6.45) is -4.68. The molecule has 0 aromatic rings. The number of esters is 4. The highest BCUT2D eigenvalue weighted by Gasteiger charge is 2.75. The first-order valence-corrected chi connectivity index (χ1v) is 12.5. The summed E-state index contributed by atoms with van der Waals surface area (Å²) in [4.78, 5) is 63.7. The van der Waals surface area contributed by atoms with Gasteiger partial charge in [-0.05, 0) is 44.3 Å². The number of hydrogen-bond acceptors (Lipinski definition) is 11. The van der Waals surface area contributed by atoms with E-state index in [1.807, 2.05) is 0 Å². The Morgan fingerprint density at radius 3 is 2.27 bits per heavy atom. The van der Waals surface area contributed by atoms with Gasteiger partial charge in [0.05, 0.1) is 5.92 Å². The number of rotatable bonds is 7. The molecule has 0 aromatic carbocycles. The molecule has 2 N–H and O–H groups in total. The predicted octanol–water partition coefficient (Wildman–Crippen LogP) is 1.30. The Morgan fingerprint density at radius 2 is 1.73 bits per heavy atom. The maximum Gasteiger partial charge on any atom is 0.341 e. The number of carbonyl (C=O) groups excluding carboxylic acids is 5. The maximum atomic E-state index is 13.4. The number of fused-ring (bicyclic) bond motifs is 3. The van der Waals surface area contributed by atoms with Gasteiger partial charge in [-0.15, -0.1) is 0 Å². The van der Waals surface area contributed by atoms with Crippen molar-refractivity contribution in [2.75, 3.05) is 0 Å². The van der Waals surface area contributed by atoms with E-state index in [0.29, 0.717) is 6.42 Å². The second-order valence-electron chi connectivity index (χ2n) is 11.0. The average Bonchev–Trinajstić information content (AvgIpc) is 3.06. The van der Waals surface area contributed by atoms with Crippen molar-refractivity contribution in [2.45, 2.75) is 109 Å². The monoisotopic (exact) mass is 524 g/mol. The smallest absolute Gasteiger partial charge is 0.341 e. The van der Waals surface area contributed by atoms with E-state index in [0.717, 1.165) is 13.8 Å². The lowest BCUT2D eigenvalue weighted by Crippen LogP contribution is -2.64. The molecule has 11 heteroatoms. The molecular formula is C26H36O11. The number of aliphatic hydroxyl groups is 2. The number of hydrogen-bond donors (Lipinski definition) is 2. The van der Waals surface area contributed by atoms with Crippen LogP contribution in [-0.2, 0) is 42.9 Å². The number of Topliss-reactive ketones (excluding diaryl/α,β-unsaturated/α-hetero) is 1. The fraction of sp³-hybridized carbons (Fsp3) is 0.731. The number of carbonyl (C=O) groups is 5. The normalized spacial score (nSPS) is 37.0. The van der Waals surface area contributed by atoms with Crippen LogP contribution >= 0.6 is 0 Å². The van der Waals surface area contributed by atoms with Crippen LogP contribution in [0.25, 0.3) is 0 Å². The van der Waals surface area contributed by atoms with Gasteiger partial charge in [0.1, 0.15) is 11.7 Å². The minimum Gasteiger partial charge on any atom is -0.459 e. The molecule has 3 rings (SSSR count). The Hall–Kier alpha value is -2.79. The van der Waals surface area contributed by atoms with Crippen LogP contribution in [0, 0.1) is 11.8 Å². The van der Waals surface area contributed by atoms with Crippen LogP contribution in [0.5, 0.6) is 0 Å². The third kappa shape index (κ3) is 4.67. The molecule has 37 heavy (non-hydrogen) atoms. The predicted molar refractivity (Wildman–Crippen MR) is 126 cm³/mol. The second-order valence-corrected chi connectivity index (χ2v) is 11.0. The van der Waals surface area contributed by atoms with Crippen molar-refractivity contribution in [3.8, 4) is 0 Å². The first-order valence-electron chi connectivity index (χ1n) is 12.5. The van der Waals surface area contributed by atoms with Crippen LogP contribution in [0.2, 0.25) is 0 Å². The van der Waals surface area contributed by atoms with E-state index in [-0.39, 0.29) is 29.9 Å². The second kappa shape index (κ2) is 9.83. The molecule has 2 aliphatic carbocycles. The van der Waals surface area contributed by atoms with Gasteiger partial charge in [0.2, 0.25) is 0 Å². The number of ketones is 1. The first kappa shape index (κ1) is 28.8. The van der Waals surface area contributed by atoms with E-state index in [1.54, 1.807) is 20.8 Å². The van der Waals surface area contributed by atoms with Crippen molar-refractivity contribution in [3.63, 3.8) is 0 Å². The minimum absolute atomic E-state index is 0.0163. The zero-order valence-electron chi connectivity index (χ0n) is 22.3. The van der Waals surface area contributed by atoms with Gasteiger partial charge in [-0.1, -0.05) is 20.8 Å². The lowest BCUT2D eigenvalue weighted by Gasteiger charge is -2.41. The molecular weight excluding hydrogens is 488 g/mol. The van der Waals surface area contributed by atoms with Crippen molar-refractivity contribution in [1.82, 2.24) is 0 Å². The molecule has 1 aliphatic heterocycles. The highest BCUT2D eigenvalue weighted by atomic mass is 16.6. The third-order valence-corrected chi connectivity index (χ3v) is 7.46. The van der Waals surface area contributed by atoms with Crippen LogP contribution in [0.4, 0.5) is 0 Å². The van der Waals surface area contributed by atoms with Gasteiger partial charge in [0.15, 0.2) is 29.2 Å². The van der Waals surface area contributed by atoms with Crippen molar-refractivity contribution in [2.24, 2.45) is 11.8 Å². The summed E-state index contributed by atoms with van der Waals surface area (Å²) < 4.78 is 22.4. The van der Waals surface area contributed by atoms with Crippen LogP contribution in [-0.4, -0.2) is 75.0 Å². The maximum absolute atomic E-state index is 13.4. The molecule has 11 nitrogen and oxygen atoms in total. The molecule has 1 heterocycles. The number of ether oxygens (including phenoxy) is 4.